The Hall–Kier alpha value is -1.00. The van der Waals surface area contributed by atoms with E-state index in [-0.39, 0.29) is 0 Å². The Morgan fingerprint density at radius 2 is 2.12 bits per heavy atom. The van der Waals surface area contributed by atoms with E-state index >= 15 is 0 Å². The van der Waals surface area contributed by atoms with Crippen molar-refractivity contribution < 1.29 is 9.47 Å². The van der Waals surface area contributed by atoms with E-state index in [4.69, 9.17) is 15.2 Å². The first-order valence-electron chi connectivity index (χ1n) is 5.09. The average molecular weight is 286 g/mol. The quantitative estimate of drug-likeness (QED) is 0.905. The molecule has 0 fully saturated rings. The van der Waals surface area contributed by atoms with Gasteiger partial charge in [0.1, 0.15) is 11.5 Å². The van der Waals surface area contributed by atoms with Crippen molar-refractivity contribution >= 4 is 22.0 Å². The van der Waals surface area contributed by atoms with Gasteiger partial charge in [-0.05, 0) is 28.9 Å². The molecule has 1 aromatic rings. The summed E-state index contributed by atoms with van der Waals surface area (Å²) in [6.07, 6.45) is 3.83. The predicted molar refractivity (Wildman–Crippen MR) is 70.0 cm³/mol. The Kier molecular flexibility index (Phi) is 5.35. The van der Waals surface area contributed by atoms with E-state index in [1.807, 2.05) is 31.2 Å². The van der Waals surface area contributed by atoms with Crippen LogP contribution in [0.25, 0.3) is 6.08 Å². The monoisotopic (exact) mass is 285 g/mol. The van der Waals surface area contributed by atoms with Crippen molar-refractivity contribution in [3.63, 3.8) is 0 Å². The molecule has 0 radical (unpaired) electrons. The molecule has 0 spiro atoms. The van der Waals surface area contributed by atoms with E-state index < -0.39 is 0 Å². The molecular formula is C12H16BrNO2. The Balaban J connectivity index is 3.13. The molecule has 1 rings (SSSR count). The van der Waals surface area contributed by atoms with Gasteiger partial charge in [-0.2, -0.15) is 0 Å². The zero-order valence-electron chi connectivity index (χ0n) is 9.50. The maximum Gasteiger partial charge on any atom is 0.136 e. The molecule has 0 amide bonds. The fourth-order valence-corrected chi connectivity index (χ4v) is 1.84. The number of rotatable bonds is 5. The molecular weight excluding hydrogens is 270 g/mol. The van der Waals surface area contributed by atoms with Gasteiger partial charge in [0, 0.05) is 18.2 Å². The first kappa shape index (κ1) is 13.1. The first-order chi connectivity index (χ1) is 7.72. The second-order valence-corrected chi connectivity index (χ2v) is 3.95. The molecule has 88 valence electrons. The maximum atomic E-state index is 5.54. The summed E-state index contributed by atoms with van der Waals surface area (Å²) in [6.45, 7) is 3.08. The largest absolute Gasteiger partial charge is 0.495 e. The van der Waals surface area contributed by atoms with Gasteiger partial charge >= 0.3 is 0 Å². The van der Waals surface area contributed by atoms with E-state index in [1.54, 1.807) is 7.11 Å². The van der Waals surface area contributed by atoms with E-state index in [2.05, 4.69) is 15.9 Å². The van der Waals surface area contributed by atoms with Crippen LogP contribution in [-0.2, 0) is 0 Å². The van der Waals surface area contributed by atoms with Gasteiger partial charge in [0.2, 0.25) is 0 Å². The Morgan fingerprint density at radius 3 is 2.69 bits per heavy atom. The Labute approximate surface area is 104 Å². The highest BCUT2D eigenvalue weighted by molar-refractivity contribution is 9.10. The SMILES string of the molecule is CCOc1cc(OC)c(Br)cc1/C=C/CN. The Bertz CT molecular complexity index is 378. The van der Waals surface area contributed by atoms with Crippen molar-refractivity contribution in [1.29, 1.82) is 0 Å². The summed E-state index contributed by atoms with van der Waals surface area (Å²) in [7, 11) is 1.63. The first-order valence-corrected chi connectivity index (χ1v) is 5.89. The van der Waals surface area contributed by atoms with Gasteiger partial charge in [-0.15, -0.1) is 0 Å². The lowest BCUT2D eigenvalue weighted by molar-refractivity contribution is 0.335. The van der Waals surface area contributed by atoms with Crippen LogP contribution in [0.1, 0.15) is 12.5 Å². The molecule has 0 heterocycles. The number of methoxy groups -OCH3 is 1. The van der Waals surface area contributed by atoms with Crippen LogP contribution in [0.4, 0.5) is 0 Å². The minimum absolute atomic E-state index is 0.509. The number of ether oxygens (including phenoxy) is 2. The third kappa shape index (κ3) is 3.25. The van der Waals surface area contributed by atoms with E-state index in [9.17, 15) is 0 Å². The summed E-state index contributed by atoms with van der Waals surface area (Å²) in [5.74, 6) is 1.56. The van der Waals surface area contributed by atoms with Gasteiger partial charge in [0.25, 0.3) is 0 Å². The smallest absolute Gasteiger partial charge is 0.136 e. The molecule has 0 aliphatic carbocycles. The average Bonchev–Trinajstić information content (AvgIpc) is 2.29. The van der Waals surface area contributed by atoms with Crippen LogP contribution in [-0.4, -0.2) is 20.3 Å². The molecule has 0 atom stereocenters. The van der Waals surface area contributed by atoms with E-state index in [0.717, 1.165) is 21.5 Å². The third-order valence-corrected chi connectivity index (χ3v) is 2.64. The molecule has 0 aliphatic heterocycles. The van der Waals surface area contributed by atoms with Crippen LogP contribution >= 0.6 is 15.9 Å². The molecule has 2 N–H and O–H groups in total. The highest BCUT2D eigenvalue weighted by Crippen LogP contribution is 2.33. The van der Waals surface area contributed by atoms with Gasteiger partial charge in [-0.25, -0.2) is 0 Å². The number of halogens is 1. The number of benzene rings is 1. The minimum atomic E-state index is 0.509. The van der Waals surface area contributed by atoms with Gasteiger partial charge in [0.05, 0.1) is 18.2 Å². The number of nitrogens with two attached hydrogens (primary N) is 1. The van der Waals surface area contributed by atoms with E-state index in [0.29, 0.717) is 13.2 Å². The summed E-state index contributed by atoms with van der Waals surface area (Å²) in [5, 5.41) is 0. The minimum Gasteiger partial charge on any atom is -0.495 e. The highest BCUT2D eigenvalue weighted by Gasteiger charge is 2.07. The van der Waals surface area contributed by atoms with Crippen LogP contribution in [0.15, 0.2) is 22.7 Å². The van der Waals surface area contributed by atoms with Crippen molar-refractivity contribution in [2.45, 2.75) is 6.92 Å². The van der Waals surface area contributed by atoms with Crippen LogP contribution in [0, 0.1) is 0 Å². The van der Waals surface area contributed by atoms with Gasteiger partial charge in [0.15, 0.2) is 0 Å². The normalized spacial score (nSPS) is 10.8. The fourth-order valence-electron chi connectivity index (χ4n) is 1.31. The number of hydrogen-bond acceptors (Lipinski definition) is 3. The lowest BCUT2D eigenvalue weighted by Crippen LogP contribution is -1.97. The Morgan fingerprint density at radius 1 is 1.38 bits per heavy atom. The van der Waals surface area contributed by atoms with Crippen LogP contribution < -0.4 is 15.2 Å². The second kappa shape index (κ2) is 6.55. The molecule has 16 heavy (non-hydrogen) atoms. The second-order valence-electron chi connectivity index (χ2n) is 3.10. The van der Waals surface area contributed by atoms with Crippen LogP contribution in [0.5, 0.6) is 11.5 Å². The highest BCUT2D eigenvalue weighted by atomic mass is 79.9. The van der Waals surface area contributed by atoms with Crippen LogP contribution in [0.3, 0.4) is 0 Å². The number of hydrogen-bond donors (Lipinski definition) is 1. The standard InChI is InChI=1S/C12H16BrNO2/c1-3-16-11-8-12(15-2)10(13)7-9(11)5-4-6-14/h4-5,7-8H,3,6,14H2,1-2H3/b5-4+. The predicted octanol–water partition coefficient (Wildman–Crippen LogP) is 2.83. The fraction of sp³-hybridized carbons (Fsp3) is 0.333. The topological polar surface area (TPSA) is 44.5 Å². The molecule has 0 bridgehead atoms. The molecule has 0 saturated carbocycles. The summed E-state index contributed by atoms with van der Waals surface area (Å²) in [4.78, 5) is 0. The summed E-state index contributed by atoms with van der Waals surface area (Å²) in [6, 6.07) is 3.82. The zero-order chi connectivity index (χ0) is 12.0. The van der Waals surface area contributed by atoms with Crippen molar-refractivity contribution in [2.24, 2.45) is 5.73 Å². The van der Waals surface area contributed by atoms with Gasteiger partial charge < -0.3 is 15.2 Å². The van der Waals surface area contributed by atoms with Gasteiger partial charge in [-0.1, -0.05) is 12.2 Å². The summed E-state index contributed by atoms with van der Waals surface area (Å²) >= 11 is 3.44. The van der Waals surface area contributed by atoms with Crippen molar-refractivity contribution in [3.8, 4) is 11.5 Å². The molecule has 3 nitrogen and oxygen atoms in total. The van der Waals surface area contributed by atoms with Crippen LogP contribution in [0.2, 0.25) is 0 Å². The van der Waals surface area contributed by atoms with Gasteiger partial charge in [-0.3, -0.25) is 0 Å². The van der Waals surface area contributed by atoms with Crippen molar-refractivity contribution in [1.82, 2.24) is 0 Å². The van der Waals surface area contributed by atoms with E-state index in [1.165, 1.54) is 0 Å². The third-order valence-electron chi connectivity index (χ3n) is 2.02. The molecule has 0 unspecified atom stereocenters. The summed E-state index contributed by atoms with van der Waals surface area (Å²) < 4.78 is 11.7. The zero-order valence-corrected chi connectivity index (χ0v) is 11.1. The summed E-state index contributed by atoms with van der Waals surface area (Å²) in [5.41, 5.74) is 6.42. The lowest BCUT2D eigenvalue weighted by Gasteiger charge is -2.11. The molecule has 0 saturated heterocycles. The molecule has 4 heteroatoms. The molecule has 0 aromatic heterocycles. The molecule has 0 aliphatic rings. The lowest BCUT2D eigenvalue weighted by atomic mass is 10.1. The van der Waals surface area contributed by atoms with Crippen molar-refractivity contribution in [3.05, 3.63) is 28.2 Å². The van der Waals surface area contributed by atoms with Crippen molar-refractivity contribution in [2.75, 3.05) is 20.3 Å². The molecule has 1 aromatic carbocycles. The maximum absolute atomic E-state index is 5.54.